The molecule has 0 heterocycles. The first-order valence-corrected chi connectivity index (χ1v) is 5.70. The number of carbonyl (C=O) groups excluding carboxylic acids is 1. The Morgan fingerprint density at radius 1 is 1.38 bits per heavy atom. The quantitative estimate of drug-likeness (QED) is 0.787. The molecule has 0 bridgehead atoms. The number of carbonyl (C=O) groups is 1. The van der Waals surface area contributed by atoms with E-state index in [2.05, 4.69) is 6.07 Å². The number of nitrogens with two attached hydrogens (primary N) is 1. The highest BCUT2D eigenvalue weighted by atomic mass is 16.5. The molecule has 0 aromatic heterocycles. The van der Waals surface area contributed by atoms with E-state index in [9.17, 15) is 4.79 Å². The van der Waals surface area contributed by atoms with E-state index < -0.39 is 0 Å². The van der Waals surface area contributed by atoms with Crippen molar-refractivity contribution in [1.82, 2.24) is 0 Å². The summed E-state index contributed by atoms with van der Waals surface area (Å²) >= 11 is 0. The van der Waals surface area contributed by atoms with Gasteiger partial charge in [0.15, 0.2) is 5.78 Å². The van der Waals surface area contributed by atoms with E-state index in [-0.39, 0.29) is 12.3 Å². The van der Waals surface area contributed by atoms with Gasteiger partial charge in [-0.3, -0.25) is 4.79 Å². The maximum Gasteiger partial charge on any atom is 0.180 e. The molecule has 1 aromatic rings. The van der Waals surface area contributed by atoms with Crippen LogP contribution in [0.5, 0.6) is 5.75 Å². The Bertz CT molecular complexity index is 413. The molecule has 0 radical (unpaired) electrons. The molecule has 0 fully saturated rings. The fourth-order valence-corrected chi connectivity index (χ4v) is 2.38. The SMILES string of the molecule is COc1ccc2c(c1C(=O)CN)CCCC2. The lowest BCUT2D eigenvalue weighted by Gasteiger charge is -2.20. The van der Waals surface area contributed by atoms with Crippen molar-refractivity contribution < 1.29 is 9.53 Å². The van der Waals surface area contributed by atoms with Crippen LogP contribution in [0.4, 0.5) is 0 Å². The summed E-state index contributed by atoms with van der Waals surface area (Å²) < 4.78 is 5.26. The summed E-state index contributed by atoms with van der Waals surface area (Å²) in [6, 6.07) is 3.95. The Hall–Kier alpha value is -1.35. The van der Waals surface area contributed by atoms with E-state index in [4.69, 9.17) is 10.5 Å². The summed E-state index contributed by atoms with van der Waals surface area (Å²) in [4.78, 5) is 11.9. The monoisotopic (exact) mass is 219 g/mol. The summed E-state index contributed by atoms with van der Waals surface area (Å²) in [5.41, 5.74) is 8.60. The minimum Gasteiger partial charge on any atom is -0.496 e. The highest BCUT2D eigenvalue weighted by molar-refractivity contribution is 6.01. The number of Topliss-reactive ketones (excluding diaryl/α,β-unsaturated/α-hetero) is 1. The summed E-state index contributed by atoms with van der Waals surface area (Å²) in [7, 11) is 1.60. The van der Waals surface area contributed by atoms with Gasteiger partial charge in [0.05, 0.1) is 19.2 Å². The number of rotatable bonds is 3. The van der Waals surface area contributed by atoms with Crippen LogP contribution >= 0.6 is 0 Å². The first-order chi connectivity index (χ1) is 7.77. The maximum atomic E-state index is 11.9. The van der Waals surface area contributed by atoms with Gasteiger partial charge in [-0.05, 0) is 42.9 Å². The lowest BCUT2D eigenvalue weighted by atomic mass is 9.86. The molecule has 3 nitrogen and oxygen atoms in total. The van der Waals surface area contributed by atoms with E-state index in [0.717, 1.165) is 24.8 Å². The Balaban J connectivity index is 2.56. The first kappa shape index (κ1) is 11.1. The topological polar surface area (TPSA) is 52.3 Å². The van der Waals surface area contributed by atoms with E-state index >= 15 is 0 Å². The largest absolute Gasteiger partial charge is 0.496 e. The van der Waals surface area contributed by atoms with Crippen LogP contribution in [0, 0.1) is 0 Å². The van der Waals surface area contributed by atoms with E-state index in [1.54, 1.807) is 7.11 Å². The van der Waals surface area contributed by atoms with Gasteiger partial charge in [-0.25, -0.2) is 0 Å². The number of aryl methyl sites for hydroxylation is 1. The van der Waals surface area contributed by atoms with Gasteiger partial charge in [0.1, 0.15) is 5.75 Å². The van der Waals surface area contributed by atoms with E-state index in [0.29, 0.717) is 11.3 Å². The molecule has 1 aromatic carbocycles. The van der Waals surface area contributed by atoms with Gasteiger partial charge in [0, 0.05) is 0 Å². The molecule has 1 aliphatic carbocycles. The van der Waals surface area contributed by atoms with Gasteiger partial charge in [-0.2, -0.15) is 0 Å². The molecule has 86 valence electrons. The molecule has 2 rings (SSSR count). The van der Waals surface area contributed by atoms with Gasteiger partial charge < -0.3 is 10.5 Å². The number of ketones is 1. The van der Waals surface area contributed by atoms with Crippen LogP contribution in [-0.4, -0.2) is 19.4 Å². The lowest BCUT2D eigenvalue weighted by molar-refractivity contribution is 0.0997. The molecule has 0 aliphatic heterocycles. The third-order valence-electron chi connectivity index (χ3n) is 3.18. The molecule has 0 saturated carbocycles. The molecule has 2 N–H and O–H groups in total. The first-order valence-electron chi connectivity index (χ1n) is 5.70. The average Bonchev–Trinajstić information content (AvgIpc) is 2.36. The third-order valence-corrected chi connectivity index (χ3v) is 3.18. The third kappa shape index (κ3) is 1.83. The molecule has 0 amide bonds. The molecule has 0 saturated heterocycles. The zero-order valence-electron chi connectivity index (χ0n) is 9.58. The fourth-order valence-electron chi connectivity index (χ4n) is 2.38. The molecular formula is C13H17NO2. The molecule has 0 unspecified atom stereocenters. The second-order valence-corrected chi connectivity index (χ2v) is 4.11. The zero-order chi connectivity index (χ0) is 11.5. The summed E-state index contributed by atoms with van der Waals surface area (Å²) in [5.74, 6) is 0.645. The Labute approximate surface area is 95.6 Å². The molecule has 0 atom stereocenters. The molecule has 0 spiro atoms. The minimum absolute atomic E-state index is 0.0180. The number of benzene rings is 1. The predicted molar refractivity (Wildman–Crippen MR) is 63.0 cm³/mol. The maximum absolute atomic E-state index is 11.9. The summed E-state index contributed by atoms with van der Waals surface area (Å²) in [5, 5.41) is 0. The lowest BCUT2D eigenvalue weighted by Crippen LogP contribution is -2.19. The van der Waals surface area contributed by atoms with Crippen molar-refractivity contribution in [1.29, 1.82) is 0 Å². The van der Waals surface area contributed by atoms with Crippen molar-refractivity contribution in [3.8, 4) is 5.75 Å². The standard InChI is InChI=1S/C13H17NO2/c1-16-12-7-6-9-4-2-3-5-10(9)13(12)11(15)8-14/h6-7H,2-5,8,14H2,1H3. The van der Waals surface area contributed by atoms with Crippen molar-refractivity contribution in [2.75, 3.05) is 13.7 Å². The van der Waals surface area contributed by atoms with Crippen molar-refractivity contribution in [3.05, 3.63) is 28.8 Å². The number of hydrogen-bond acceptors (Lipinski definition) is 3. The highest BCUT2D eigenvalue weighted by Gasteiger charge is 2.21. The second kappa shape index (κ2) is 4.66. The van der Waals surface area contributed by atoms with Crippen molar-refractivity contribution >= 4 is 5.78 Å². The number of methoxy groups -OCH3 is 1. The van der Waals surface area contributed by atoms with Crippen LogP contribution in [0.3, 0.4) is 0 Å². The van der Waals surface area contributed by atoms with Crippen molar-refractivity contribution in [2.45, 2.75) is 25.7 Å². The van der Waals surface area contributed by atoms with Crippen molar-refractivity contribution in [2.24, 2.45) is 5.73 Å². The number of hydrogen-bond donors (Lipinski definition) is 1. The second-order valence-electron chi connectivity index (χ2n) is 4.11. The van der Waals surface area contributed by atoms with Gasteiger partial charge in [-0.15, -0.1) is 0 Å². The van der Waals surface area contributed by atoms with Gasteiger partial charge in [0.25, 0.3) is 0 Å². The zero-order valence-corrected chi connectivity index (χ0v) is 9.58. The Morgan fingerprint density at radius 2 is 2.12 bits per heavy atom. The van der Waals surface area contributed by atoms with Crippen LogP contribution in [0.2, 0.25) is 0 Å². The number of fused-ring (bicyclic) bond motifs is 1. The fraction of sp³-hybridized carbons (Fsp3) is 0.462. The summed E-state index contributed by atoms with van der Waals surface area (Å²) in [6.45, 7) is 0.0484. The van der Waals surface area contributed by atoms with Crippen LogP contribution in [-0.2, 0) is 12.8 Å². The van der Waals surface area contributed by atoms with Gasteiger partial charge >= 0.3 is 0 Å². The average molecular weight is 219 g/mol. The number of ether oxygens (including phenoxy) is 1. The molecular weight excluding hydrogens is 202 g/mol. The molecule has 1 aliphatic rings. The smallest absolute Gasteiger partial charge is 0.180 e. The van der Waals surface area contributed by atoms with Crippen LogP contribution in [0.15, 0.2) is 12.1 Å². The van der Waals surface area contributed by atoms with Crippen LogP contribution in [0.25, 0.3) is 0 Å². The Kier molecular flexibility index (Phi) is 3.25. The van der Waals surface area contributed by atoms with Gasteiger partial charge in [0.2, 0.25) is 0 Å². The molecule has 3 heteroatoms. The predicted octanol–water partition coefficient (Wildman–Crippen LogP) is 1.72. The van der Waals surface area contributed by atoms with Gasteiger partial charge in [-0.1, -0.05) is 6.07 Å². The Morgan fingerprint density at radius 3 is 2.81 bits per heavy atom. The van der Waals surface area contributed by atoms with E-state index in [1.165, 1.54) is 12.0 Å². The van der Waals surface area contributed by atoms with E-state index in [1.807, 2.05) is 6.07 Å². The molecule has 16 heavy (non-hydrogen) atoms. The highest BCUT2D eigenvalue weighted by Crippen LogP contribution is 2.31. The van der Waals surface area contributed by atoms with Crippen LogP contribution in [0.1, 0.15) is 34.3 Å². The van der Waals surface area contributed by atoms with Crippen LogP contribution < -0.4 is 10.5 Å². The van der Waals surface area contributed by atoms with Crippen molar-refractivity contribution in [3.63, 3.8) is 0 Å². The minimum atomic E-state index is -0.0180. The normalized spacial score (nSPS) is 14.4. The summed E-state index contributed by atoms with van der Waals surface area (Å²) in [6.07, 6.45) is 4.37.